The van der Waals surface area contributed by atoms with Gasteiger partial charge in [-0.15, -0.1) is 0 Å². The van der Waals surface area contributed by atoms with E-state index in [2.05, 4.69) is 20.8 Å². The zero-order chi connectivity index (χ0) is 16.7. The van der Waals surface area contributed by atoms with Gasteiger partial charge >= 0.3 is 0 Å². The van der Waals surface area contributed by atoms with E-state index < -0.39 is 0 Å². The molecule has 22 heavy (non-hydrogen) atoms. The van der Waals surface area contributed by atoms with Crippen LogP contribution in [0, 0.1) is 0 Å². The minimum atomic E-state index is -0.314. The summed E-state index contributed by atoms with van der Waals surface area (Å²) in [6.45, 7) is 11.9. The van der Waals surface area contributed by atoms with Crippen molar-refractivity contribution in [2.45, 2.75) is 84.3 Å². The van der Waals surface area contributed by atoms with Gasteiger partial charge in [-0.2, -0.15) is 0 Å². The maximum Gasteiger partial charge on any atom is 0.0698 e. The maximum absolute atomic E-state index is 9.37. The van der Waals surface area contributed by atoms with Crippen molar-refractivity contribution in [2.24, 2.45) is 0 Å². The fourth-order valence-electron chi connectivity index (χ4n) is 2.02. The summed E-state index contributed by atoms with van der Waals surface area (Å²) >= 11 is 0. The van der Waals surface area contributed by atoms with Crippen LogP contribution in [0.4, 0.5) is 0 Å². The van der Waals surface area contributed by atoms with Gasteiger partial charge in [-0.05, 0) is 46.0 Å². The van der Waals surface area contributed by atoms with Crippen LogP contribution in [-0.2, 0) is 14.2 Å². The van der Waals surface area contributed by atoms with Gasteiger partial charge in [0, 0.05) is 33.0 Å². The lowest BCUT2D eigenvalue weighted by Gasteiger charge is -2.30. The van der Waals surface area contributed by atoms with Gasteiger partial charge in [0.05, 0.1) is 11.7 Å². The first-order chi connectivity index (χ1) is 10.5. The molecule has 4 heteroatoms. The van der Waals surface area contributed by atoms with Crippen LogP contribution in [0.25, 0.3) is 0 Å². The average molecular weight is 318 g/mol. The van der Waals surface area contributed by atoms with Crippen LogP contribution >= 0.6 is 0 Å². The van der Waals surface area contributed by atoms with Gasteiger partial charge in [0.25, 0.3) is 0 Å². The number of aliphatic hydroxyl groups is 1. The fourth-order valence-corrected chi connectivity index (χ4v) is 2.02. The molecule has 134 valence electrons. The van der Waals surface area contributed by atoms with Crippen LogP contribution in [0.3, 0.4) is 0 Å². The van der Waals surface area contributed by atoms with Crippen molar-refractivity contribution < 1.29 is 19.3 Å². The van der Waals surface area contributed by atoms with E-state index in [-0.39, 0.29) is 11.7 Å². The molecular weight excluding hydrogens is 280 g/mol. The second-order valence-electron chi connectivity index (χ2n) is 6.37. The Bertz CT molecular complexity index is 217. The SMILES string of the molecule is CCCCOCCC(C)(CCOCCCC)OCCC(C)O. The molecule has 0 amide bonds. The smallest absolute Gasteiger partial charge is 0.0698 e. The molecule has 0 rings (SSSR count). The normalized spacial score (nSPS) is 13.5. The van der Waals surface area contributed by atoms with Gasteiger partial charge in [-0.25, -0.2) is 0 Å². The Morgan fingerprint density at radius 1 is 0.864 bits per heavy atom. The molecule has 0 radical (unpaired) electrons. The molecule has 0 heterocycles. The van der Waals surface area contributed by atoms with E-state index in [9.17, 15) is 5.11 Å². The third-order valence-corrected chi connectivity index (χ3v) is 3.82. The third kappa shape index (κ3) is 13.5. The molecule has 0 aliphatic carbocycles. The molecule has 0 fully saturated rings. The number of hydrogen-bond donors (Lipinski definition) is 1. The predicted molar refractivity (Wildman–Crippen MR) is 91.3 cm³/mol. The lowest BCUT2D eigenvalue weighted by atomic mass is 9.98. The van der Waals surface area contributed by atoms with Crippen molar-refractivity contribution in [3.8, 4) is 0 Å². The molecule has 0 aromatic heterocycles. The van der Waals surface area contributed by atoms with Gasteiger partial charge in [0.15, 0.2) is 0 Å². The topological polar surface area (TPSA) is 47.9 Å². The van der Waals surface area contributed by atoms with E-state index in [0.717, 1.165) is 65.0 Å². The Kier molecular flexibility index (Phi) is 14.3. The number of hydrogen-bond acceptors (Lipinski definition) is 4. The van der Waals surface area contributed by atoms with Gasteiger partial charge in [0.1, 0.15) is 0 Å². The highest BCUT2D eigenvalue weighted by molar-refractivity contribution is 4.75. The molecule has 1 atom stereocenters. The van der Waals surface area contributed by atoms with Crippen LogP contribution in [0.2, 0.25) is 0 Å². The molecule has 0 bridgehead atoms. The summed E-state index contributed by atoms with van der Waals surface area (Å²) in [6.07, 6.45) is 6.63. The summed E-state index contributed by atoms with van der Waals surface area (Å²) in [5.41, 5.74) is -0.229. The molecular formula is C18H38O4. The first-order valence-electron chi connectivity index (χ1n) is 9.01. The van der Waals surface area contributed by atoms with E-state index in [4.69, 9.17) is 14.2 Å². The summed E-state index contributed by atoms with van der Waals surface area (Å²) in [5.74, 6) is 0. The fraction of sp³-hybridized carbons (Fsp3) is 1.00. The molecule has 0 aliphatic heterocycles. The van der Waals surface area contributed by atoms with Gasteiger partial charge in [-0.3, -0.25) is 0 Å². The highest BCUT2D eigenvalue weighted by Crippen LogP contribution is 2.21. The van der Waals surface area contributed by atoms with Crippen LogP contribution in [0.5, 0.6) is 0 Å². The standard InChI is InChI=1S/C18H38O4/c1-5-7-12-20-15-10-18(4,22-14-9-17(3)19)11-16-21-13-8-6-2/h17,19H,5-16H2,1-4H3. The second kappa shape index (κ2) is 14.4. The van der Waals surface area contributed by atoms with Crippen molar-refractivity contribution in [2.75, 3.05) is 33.0 Å². The minimum Gasteiger partial charge on any atom is -0.393 e. The molecule has 1 N–H and O–H groups in total. The highest BCUT2D eigenvalue weighted by atomic mass is 16.5. The summed E-state index contributed by atoms with van der Waals surface area (Å²) in [5, 5.41) is 9.37. The van der Waals surface area contributed by atoms with Crippen LogP contribution in [-0.4, -0.2) is 49.8 Å². The first kappa shape index (κ1) is 21.8. The Labute approximate surface area is 137 Å². The molecule has 0 spiro atoms. The Morgan fingerprint density at radius 2 is 1.36 bits per heavy atom. The Hall–Kier alpha value is -0.160. The zero-order valence-corrected chi connectivity index (χ0v) is 15.2. The third-order valence-electron chi connectivity index (χ3n) is 3.82. The minimum absolute atomic E-state index is 0.229. The molecule has 0 aromatic carbocycles. The Morgan fingerprint density at radius 3 is 1.77 bits per heavy atom. The van der Waals surface area contributed by atoms with E-state index in [1.807, 2.05) is 0 Å². The second-order valence-corrected chi connectivity index (χ2v) is 6.37. The highest BCUT2D eigenvalue weighted by Gasteiger charge is 2.25. The lowest BCUT2D eigenvalue weighted by Crippen LogP contribution is -2.33. The van der Waals surface area contributed by atoms with Crippen molar-refractivity contribution in [1.82, 2.24) is 0 Å². The van der Waals surface area contributed by atoms with E-state index in [1.54, 1.807) is 6.92 Å². The molecule has 0 aliphatic rings. The van der Waals surface area contributed by atoms with Gasteiger partial charge < -0.3 is 19.3 Å². The summed E-state index contributed by atoms with van der Waals surface area (Å²) < 4.78 is 17.4. The summed E-state index contributed by atoms with van der Waals surface area (Å²) in [7, 11) is 0. The molecule has 0 aromatic rings. The number of rotatable bonds is 16. The number of ether oxygens (including phenoxy) is 3. The van der Waals surface area contributed by atoms with Crippen molar-refractivity contribution in [1.29, 1.82) is 0 Å². The monoisotopic (exact) mass is 318 g/mol. The zero-order valence-electron chi connectivity index (χ0n) is 15.2. The summed E-state index contributed by atoms with van der Waals surface area (Å²) in [4.78, 5) is 0. The van der Waals surface area contributed by atoms with Crippen LogP contribution in [0.1, 0.15) is 72.6 Å². The van der Waals surface area contributed by atoms with Crippen molar-refractivity contribution in [3.05, 3.63) is 0 Å². The Balaban J connectivity index is 4.04. The molecule has 0 saturated carbocycles. The average Bonchev–Trinajstić information content (AvgIpc) is 2.46. The lowest BCUT2D eigenvalue weighted by molar-refractivity contribution is -0.0782. The van der Waals surface area contributed by atoms with Gasteiger partial charge in [0.2, 0.25) is 0 Å². The predicted octanol–water partition coefficient (Wildman–Crippen LogP) is 3.95. The molecule has 0 saturated heterocycles. The first-order valence-corrected chi connectivity index (χ1v) is 9.01. The number of unbranched alkanes of at least 4 members (excludes halogenated alkanes) is 2. The van der Waals surface area contributed by atoms with Crippen molar-refractivity contribution >= 4 is 0 Å². The number of aliphatic hydroxyl groups excluding tert-OH is 1. The van der Waals surface area contributed by atoms with Crippen LogP contribution < -0.4 is 0 Å². The van der Waals surface area contributed by atoms with Gasteiger partial charge in [-0.1, -0.05) is 26.7 Å². The quantitative estimate of drug-likeness (QED) is 0.438. The van der Waals surface area contributed by atoms with E-state index in [0.29, 0.717) is 13.0 Å². The molecule has 1 unspecified atom stereocenters. The largest absolute Gasteiger partial charge is 0.393 e. The van der Waals surface area contributed by atoms with Crippen LogP contribution in [0.15, 0.2) is 0 Å². The van der Waals surface area contributed by atoms with E-state index >= 15 is 0 Å². The van der Waals surface area contributed by atoms with Crippen molar-refractivity contribution in [3.63, 3.8) is 0 Å². The summed E-state index contributed by atoms with van der Waals surface area (Å²) in [6, 6.07) is 0. The molecule has 4 nitrogen and oxygen atoms in total. The van der Waals surface area contributed by atoms with E-state index in [1.165, 1.54) is 0 Å². The maximum atomic E-state index is 9.37.